The lowest BCUT2D eigenvalue weighted by molar-refractivity contribution is 0.119. The first-order valence-electron chi connectivity index (χ1n) is 10.1. The molecule has 0 spiro atoms. The van der Waals surface area contributed by atoms with Gasteiger partial charge in [-0.1, -0.05) is 30.3 Å². The molecule has 0 aliphatic carbocycles. The first-order chi connectivity index (χ1) is 15.4. The Labute approximate surface area is 186 Å². The van der Waals surface area contributed by atoms with E-state index in [1.165, 1.54) is 24.3 Å². The lowest BCUT2D eigenvalue weighted by Gasteiger charge is -2.03. The molecule has 32 heavy (non-hydrogen) atoms. The van der Waals surface area contributed by atoms with Gasteiger partial charge in [-0.15, -0.1) is 0 Å². The third-order valence-corrected chi connectivity index (χ3v) is 6.03. The van der Waals surface area contributed by atoms with Crippen LogP contribution in [-0.4, -0.2) is 26.3 Å². The summed E-state index contributed by atoms with van der Waals surface area (Å²) < 4.78 is 48.7. The molecule has 1 heterocycles. The molecule has 0 amide bonds. The number of halogens is 1. The molecule has 0 radical (unpaired) electrons. The molecule has 0 bridgehead atoms. The fraction of sp³-hybridized carbons (Fsp3) is 0.160. The summed E-state index contributed by atoms with van der Waals surface area (Å²) in [6.07, 6.45) is 1.62. The van der Waals surface area contributed by atoms with E-state index in [4.69, 9.17) is 9.15 Å². The molecule has 1 aromatic heterocycles. The van der Waals surface area contributed by atoms with Crippen molar-refractivity contribution in [3.05, 3.63) is 96.1 Å². The van der Waals surface area contributed by atoms with Crippen molar-refractivity contribution in [3.8, 4) is 22.6 Å². The minimum atomic E-state index is -3.31. The van der Waals surface area contributed by atoms with Crippen molar-refractivity contribution in [2.75, 3.05) is 12.9 Å². The normalized spacial score (nSPS) is 11.6. The van der Waals surface area contributed by atoms with E-state index in [1.807, 2.05) is 30.3 Å². The molecular weight excluding hydrogens is 429 g/mol. The SMILES string of the molecule is CS(=O)(=O)c1ccc(-c2oc(CCOCc3ccccc3)nc2-c2ccc(F)cc2)cc1. The fourth-order valence-corrected chi connectivity index (χ4v) is 3.88. The summed E-state index contributed by atoms with van der Waals surface area (Å²) >= 11 is 0. The number of rotatable bonds is 8. The van der Waals surface area contributed by atoms with Gasteiger partial charge in [-0.05, 0) is 54.1 Å². The zero-order chi connectivity index (χ0) is 22.6. The monoisotopic (exact) mass is 451 g/mol. The molecule has 7 heteroatoms. The lowest BCUT2D eigenvalue weighted by atomic mass is 10.1. The second-order valence-corrected chi connectivity index (χ2v) is 9.39. The molecule has 3 aromatic carbocycles. The van der Waals surface area contributed by atoms with Crippen LogP contribution in [0.3, 0.4) is 0 Å². The molecule has 0 saturated carbocycles. The second-order valence-electron chi connectivity index (χ2n) is 7.38. The third kappa shape index (κ3) is 5.30. The Kier molecular flexibility index (Phi) is 6.48. The summed E-state index contributed by atoms with van der Waals surface area (Å²) in [6, 6.07) is 22.3. The summed E-state index contributed by atoms with van der Waals surface area (Å²) in [4.78, 5) is 4.84. The van der Waals surface area contributed by atoms with Crippen molar-refractivity contribution >= 4 is 9.84 Å². The number of hydrogen-bond acceptors (Lipinski definition) is 5. The van der Waals surface area contributed by atoms with Gasteiger partial charge in [-0.2, -0.15) is 0 Å². The summed E-state index contributed by atoms with van der Waals surface area (Å²) in [6.45, 7) is 0.914. The standard InChI is InChI=1S/C25H22FNO4S/c1-32(28,29)22-13-9-20(10-14-22)25-24(19-7-11-21(26)12-8-19)27-23(31-25)15-16-30-17-18-5-3-2-4-6-18/h2-14H,15-17H2,1H3. The molecule has 0 atom stereocenters. The van der Waals surface area contributed by atoms with E-state index in [1.54, 1.807) is 24.3 Å². The van der Waals surface area contributed by atoms with Crippen molar-refractivity contribution in [1.29, 1.82) is 0 Å². The van der Waals surface area contributed by atoms with Crippen molar-refractivity contribution in [3.63, 3.8) is 0 Å². The highest BCUT2D eigenvalue weighted by molar-refractivity contribution is 7.90. The van der Waals surface area contributed by atoms with E-state index in [2.05, 4.69) is 4.98 Å². The van der Waals surface area contributed by atoms with E-state index >= 15 is 0 Å². The Morgan fingerprint density at radius 1 is 0.906 bits per heavy atom. The predicted molar refractivity (Wildman–Crippen MR) is 120 cm³/mol. The largest absolute Gasteiger partial charge is 0.440 e. The molecule has 4 rings (SSSR count). The summed E-state index contributed by atoms with van der Waals surface area (Å²) in [5.74, 6) is 0.639. The Morgan fingerprint density at radius 2 is 1.56 bits per heavy atom. The summed E-state index contributed by atoms with van der Waals surface area (Å²) in [7, 11) is -3.31. The van der Waals surface area contributed by atoms with E-state index < -0.39 is 9.84 Å². The minimum Gasteiger partial charge on any atom is -0.440 e. The lowest BCUT2D eigenvalue weighted by Crippen LogP contribution is -1.99. The number of oxazole rings is 1. The van der Waals surface area contributed by atoms with E-state index in [0.29, 0.717) is 48.1 Å². The maximum absolute atomic E-state index is 13.4. The average Bonchev–Trinajstić information content (AvgIpc) is 3.22. The van der Waals surface area contributed by atoms with Gasteiger partial charge in [0.05, 0.1) is 18.1 Å². The molecule has 0 aliphatic heterocycles. The van der Waals surface area contributed by atoms with Crippen LogP contribution in [0.2, 0.25) is 0 Å². The topological polar surface area (TPSA) is 69.4 Å². The van der Waals surface area contributed by atoms with Gasteiger partial charge in [-0.25, -0.2) is 17.8 Å². The smallest absolute Gasteiger partial charge is 0.197 e. The first kappa shape index (κ1) is 21.9. The zero-order valence-corrected chi connectivity index (χ0v) is 18.3. The number of hydrogen-bond donors (Lipinski definition) is 0. The van der Waals surface area contributed by atoms with Gasteiger partial charge in [0, 0.05) is 23.8 Å². The third-order valence-electron chi connectivity index (χ3n) is 4.91. The molecule has 0 saturated heterocycles. The Hall–Kier alpha value is -3.29. The molecule has 0 unspecified atom stereocenters. The highest BCUT2D eigenvalue weighted by atomic mass is 32.2. The molecular formula is C25H22FNO4S. The van der Waals surface area contributed by atoms with E-state index in [0.717, 1.165) is 11.8 Å². The molecule has 0 N–H and O–H groups in total. The van der Waals surface area contributed by atoms with Gasteiger partial charge in [0.1, 0.15) is 11.5 Å². The predicted octanol–water partition coefficient (Wildman–Crippen LogP) is 5.31. The second kappa shape index (κ2) is 9.46. The quantitative estimate of drug-likeness (QED) is 0.340. The maximum Gasteiger partial charge on any atom is 0.197 e. The number of ether oxygens (including phenoxy) is 1. The van der Waals surface area contributed by atoms with Crippen LogP contribution in [-0.2, 0) is 27.6 Å². The van der Waals surface area contributed by atoms with Crippen LogP contribution in [0.5, 0.6) is 0 Å². The molecule has 0 aliphatic rings. The maximum atomic E-state index is 13.4. The van der Waals surface area contributed by atoms with Gasteiger partial charge in [0.15, 0.2) is 21.5 Å². The van der Waals surface area contributed by atoms with Gasteiger partial charge >= 0.3 is 0 Å². The van der Waals surface area contributed by atoms with Crippen LogP contribution in [0, 0.1) is 5.82 Å². The van der Waals surface area contributed by atoms with Crippen LogP contribution < -0.4 is 0 Å². The van der Waals surface area contributed by atoms with Crippen LogP contribution >= 0.6 is 0 Å². The Morgan fingerprint density at radius 3 is 2.22 bits per heavy atom. The van der Waals surface area contributed by atoms with Crippen LogP contribution in [0.4, 0.5) is 4.39 Å². The fourth-order valence-electron chi connectivity index (χ4n) is 3.25. The number of sulfone groups is 1. The van der Waals surface area contributed by atoms with Gasteiger partial charge < -0.3 is 9.15 Å². The first-order valence-corrected chi connectivity index (χ1v) is 12.0. The molecule has 5 nitrogen and oxygen atoms in total. The van der Waals surface area contributed by atoms with Crippen LogP contribution in [0.25, 0.3) is 22.6 Å². The molecule has 164 valence electrons. The van der Waals surface area contributed by atoms with E-state index in [9.17, 15) is 12.8 Å². The number of benzene rings is 3. The van der Waals surface area contributed by atoms with Crippen molar-refractivity contribution in [2.45, 2.75) is 17.9 Å². The minimum absolute atomic E-state index is 0.221. The van der Waals surface area contributed by atoms with Gasteiger partial charge in [-0.3, -0.25) is 0 Å². The van der Waals surface area contributed by atoms with Gasteiger partial charge in [0.25, 0.3) is 0 Å². The van der Waals surface area contributed by atoms with Crippen molar-refractivity contribution in [2.24, 2.45) is 0 Å². The highest BCUT2D eigenvalue weighted by Gasteiger charge is 2.18. The molecule has 0 fully saturated rings. The number of nitrogens with zero attached hydrogens (tertiary/aromatic N) is 1. The summed E-state index contributed by atoms with van der Waals surface area (Å²) in [5, 5.41) is 0. The number of aromatic nitrogens is 1. The average molecular weight is 452 g/mol. The zero-order valence-electron chi connectivity index (χ0n) is 17.5. The van der Waals surface area contributed by atoms with Crippen molar-refractivity contribution in [1.82, 2.24) is 4.98 Å². The Bertz CT molecular complexity index is 1280. The molecule has 4 aromatic rings. The van der Waals surface area contributed by atoms with Crippen molar-refractivity contribution < 1.29 is 22.0 Å². The van der Waals surface area contributed by atoms with Crippen LogP contribution in [0.15, 0.2) is 88.2 Å². The van der Waals surface area contributed by atoms with Crippen LogP contribution in [0.1, 0.15) is 11.5 Å². The highest BCUT2D eigenvalue weighted by Crippen LogP contribution is 2.33. The summed E-state index contributed by atoms with van der Waals surface area (Å²) in [5.41, 5.74) is 3.03. The van der Waals surface area contributed by atoms with Gasteiger partial charge in [0.2, 0.25) is 0 Å². The Balaban J connectivity index is 1.58. The van der Waals surface area contributed by atoms with E-state index in [-0.39, 0.29) is 10.7 Å².